The van der Waals surface area contributed by atoms with E-state index in [1.165, 1.54) is 25.7 Å². The molecule has 0 fully saturated rings. The molecule has 0 aromatic rings. The minimum Gasteiger partial charge on any atom is -0.103 e. The predicted molar refractivity (Wildman–Crippen MR) is 61.8 cm³/mol. The van der Waals surface area contributed by atoms with Crippen molar-refractivity contribution in [3.8, 4) is 0 Å². The van der Waals surface area contributed by atoms with Crippen LogP contribution in [0.1, 0.15) is 53.4 Å². The average Bonchev–Trinajstić information content (AvgIpc) is 2.04. The molecular weight excluding hydrogens is 156 g/mol. The van der Waals surface area contributed by atoms with Crippen molar-refractivity contribution in [3.05, 3.63) is 12.7 Å². The van der Waals surface area contributed by atoms with Gasteiger partial charge in [0.2, 0.25) is 0 Å². The highest BCUT2D eigenvalue weighted by Gasteiger charge is 2.10. The first-order valence-electron chi connectivity index (χ1n) is 5.68. The summed E-state index contributed by atoms with van der Waals surface area (Å²) in [7, 11) is 0. The first-order chi connectivity index (χ1) is 6.07. The van der Waals surface area contributed by atoms with Crippen molar-refractivity contribution in [2.45, 2.75) is 53.4 Å². The summed E-state index contributed by atoms with van der Waals surface area (Å²) in [5.41, 5.74) is 0. The number of hydrogen-bond acceptors (Lipinski definition) is 0. The Bertz CT molecular complexity index is 124. The summed E-state index contributed by atoms with van der Waals surface area (Å²) in [5, 5.41) is 0. The summed E-state index contributed by atoms with van der Waals surface area (Å²) in [6.07, 6.45) is 7.37. The van der Waals surface area contributed by atoms with Gasteiger partial charge in [0.1, 0.15) is 0 Å². The third-order valence-electron chi connectivity index (χ3n) is 2.95. The highest BCUT2D eigenvalue weighted by molar-refractivity contribution is 4.73. The Balaban J connectivity index is 3.48. The van der Waals surface area contributed by atoms with Gasteiger partial charge in [-0.25, -0.2) is 0 Å². The number of hydrogen-bond donors (Lipinski definition) is 0. The summed E-state index contributed by atoms with van der Waals surface area (Å²) in [6, 6.07) is 0. The molecule has 2 unspecified atom stereocenters. The van der Waals surface area contributed by atoms with E-state index in [-0.39, 0.29) is 0 Å². The van der Waals surface area contributed by atoms with E-state index in [1.807, 2.05) is 6.08 Å². The SMILES string of the molecule is C=CCC(C)C(C)CCCC(C)C. The van der Waals surface area contributed by atoms with E-state index in [0.717, 1.165) is 17.8 Å². The molecule has 0 saturated heterocycles. The van der Waals surface area contributed by atoms with Crippen molar-refractivity contribution in [2.75, 3.05) is 0 Å². The van der Waals surface area contributed by atoms with Crippen molar-refractivity contribution in [1.82, 2.24) is 0 Å². The molecule has 0 aromatic heterocycles. The summed E-state index contributed by atoms with van der Waals surface area (Å²) < 4.78 is 0. The molecule has 0 aliphatic carbocycles. The third-order valence-corrected chi connectivity index (χ3v) is 2.95. The van der Waals surface area contributed by atoms with E-state index in [0.29, 0.717) is 0 Å². The molecule has 0 amide bonds. The van der Waals surface area contributed by atoms with E-state index in [1.54, 1.807) is 0 Å². The molecule has 78 valence electrons. The largest absolute Gasteiger partial charge is 0.103 e. The standard InChI is InChI=1S/C13H26/c1-6-8-12(4)13(5)10-7-9-11(2)3/h6,11-13H,1,7-10H2,2-5H3. The van der Waals surface area contributed by atoms with Crippen LogP contribution in [0.2, 0.25) is 0 Å². The van der Waals surface area contributed by atoms with Gasteiger partial charge < -0.3 is 0 Å². The van der Waals surface area contributed by atoms with Crippen LogP contribution in [0, 0.1) is 17.8 Å². The second-order valence-corrected chi connectivity index (χ2v) is 4.80. The van der Waals surface area contributed by atoms with Gasteiger partial charge in [-0.2, -0.15) is 0 Å². The van der Waals surface area contributed by atoms with Gasteiger partial charge in [0.25, 0.3) is 0 Å². The van der Waals surface area contributed by atoms with Crippen LogP contribution in [-0.4, -0.2) is 0 Å². The third kappa shape index (κ3) is 6.86. The highest BCUT2D eigenvalue weighted by atomic mass is 14.2. The summed E-state index contributed by atoms with van der Waals surface area (Å²) >= 11 is 0. The van der Waals surface area contributed by atoms with Crippen LogP contribution in [0.5, 0.6) is 0 Å². The van der Waals surface area contributed by atoms with Crippen molar-refractivity contribution < 1.29 is 0 Å². The van der Waals surface area contributed by atoms with Crippen molar-refractivity contribution in [1.29, 1.82) is 0 Å². The lowest BCUT2D eigenvalue weighted by Gasteiger charge is -2.18. The van der Waals surface area contributed by atoms with Crippen LogP contribution in [-0.2, 0) is 0 Å². The van der Waals surface area contributed by atoms with E-state index in [4.69, 9.17) is 0 Å². The molecule has 0 N–H and O–H groups in total. The molecular formula is C13H26. The minimum atomic E-state index is 0.810. The molecule has 0 heteroatoms. The Hall–Kier alpha value is -0.260. The molecule has 0 rings (SSSR count). The van der Waals surface area contributed by atoms with Crippen molar-refractivity contribution >= 4 is 0 Å². The van der Waals surface area contributed by atoms with Crippen LogP contribution in [0.25, 0.3) is 0 Å². The minimum absolute atomic E-state index is 0.810. The zero-order valence-electron chi connectivity index (χ0n) is 9.84. The number of allylic oxidation sites excluding steroid dienone is 1. The van der Waals surface area contributed by atoms with Crippen LogP contribution in [0.4, 0.5) is 0 Å². The van der Waals surface area contributed by atoms with Crippen molar-refractivity contribution in [2.24, 2.45) is 17.8 Å². The smallest absolute Gasteiger partial charge is 0.0325 e. The van der Waals surface area contributed by atoms with E-state index >= 15 is 0 Å². The van der Waals surface area contributed by atoms with Crippen LogP contribution < -0.4 is 0 Å². The van der Waals surface area contributed by atoms with Gasteiger partial charge in [-0.15, -0.1) is 6.58 Å². The molecule has 0 aliphatic heterocycles. The molecule has 0 aromatic carbocycles. The van der Waals surface area contributed by atoms with E-state index < -0.39 is 0 Å². The van der Waals surface area contributed by atoms with Gasteiger partial charge >= 0.3 is 0 Å². The van der Waals surface area contributed by atoms with Crippen LogP contribution in [0.3, 0.4) is 0 Å². The fraction of sp³-hybridized carbons (Fsp3) is 0.846. The molecule has 2 atom stereocenters. The molecule has 0 saturated carbocycles. The molecule has 0 heterocycles. The van der Waals surface area contributed by atoms with E-state index in [9.17, 15) is 0 Å². The Kier molecular flexibility index (Phi) is 7.03. The maximum atomic E-state index is 3.79. The number of rotatable bonds is 7. The molecule has 0 radical (unpaired) electrons. The van der Waals surface area contributed by atoms with E-state index in [2.05, 4.69) is 34.3 Å². The lowest BCUT2D eigenvalue weighted by atomic mass is 9.88. The second kappa shape index (κ2) is 7.17. The van der Waals surface area contributed by atoms with Gasteiger partial charge in [0.05, 0.1) is 0 Å². The van der Waals surface area contributed by atoms with Crippen LogP contribution in [0.15, 0.2) is 12.7 Å². The molecule has 0 spiro atoms. The topological polar surface area (TPSA) is 0 Å². The molecule has 13 heavy (non-hydrogen) atoms. The molecule has 0 bridgehead atoms. The summed E-state index contributed by atoms with van der Waals surface area (Å²) in [6.45, 7) is 13.1. The first-order valence-corrected chi connectivity index (χ1v) is 5.68. The fourth-order valence-corrected chi connectivity index (χ4v) is 1.63. The van der Waals surface area contributed by atoms with Gasteiger partial charge in [0.15, 0.2) is 0 Å². The lowest BCUT2D eigenvalue weighted by molar-refractivity contribution is 0.346. The molecule has 0 aliphatic rings. The predicted octanol–water partition coefficient (Wildman–Crippen LogP) is 4.66. The zero-order valence-corrected chi connectivity index (χ0v) is 9.84. The summed E-state index contributed by atoms with van der Waals surface area (Å²) in [4.78, 5) is 0. The normalized spacial score (nSPS) is 15.8. The summed E-state index contributed by atoms with van der Waals surface area (Å²) in [5.74, 6) is 2.53. The maximum absolute atomic E-state index is 3.79. The van der Waals surface area contributed by atoms with Gasteiger partial charge in [-0.3, -0.25) is 0 Å². The van der Waals surface area contributed by atoms with Gasteiger partial charge in [-0.05, 0) is 24.2 Å². The second-order valence-electron chi connectivity index (χ2n) is 4.80. The fourth-order valence-electron chi connectivity index (χ4n) is 1.63. The monoisotopic (exact) mass is 182 g/mol. The van der Waals surface area contributed by atoms with Gasteiger partial charge in [-0.1, -0.05) is 53.0 Å². The lowest BCUT2D eigenvalue weighted by Crippen LogP contribution is -2.07. The van der Waals surface area contributed by atoms with Crippen molar-refractivity contribution in [3.63, 3.8) is 0 Å². The Labute approximate surface area is 84.4 Å². The van der Waals surface area contributed by atoms with Gasteiger partial charge in [0, 0.05) is 0 Å². The first kappa shape index (κ1) is 12.7. The molecule has 0 nitrogen and oxygen atoms in total. The Morgan fingerprint density at radius 3 is 2.08 bits per heavy atom. The Morgan fingerprint density at radius 2 is 1.62 bits per heavy atom. The zero-order chi connectivity index (χ0) is 10.3. The Morgan fingerprint density at radius 1 is 1.00 bits per heavy atom. The average molecular weight is 182 g/mol. The maximum Gasteiger partial charge on any atom is -0.0325 e. The van der Waals surface area contributed by atoms with Crippen LogP contribution >= 0.6 is 0 Å². The highest BCUT2D eigenvalue weighted by Crippen LogP contribution is 2.22. The quantitative estimate of drug-likeness (QED) is 0.502.